The first-order valence-corrected chi connectivity index (χ1v) is 11.8. The van der Waals surface area contributed by atoms with E-state index in [9.17, 15) is 28.5 Å². The topological polar surface area (TPSA) is 164 Å². The molecule has 4 aromatic rings. The molecule has 1 atom stereocenters. The third-order valence-electron chi connectivity index (χ3n) is 5.76. The van der Waals surface area contributed by atoms with Crippen molar-refractivity contribution in [2.24, 2.45) is 12.8 Å². The van der Waals surface area contributed by atoms with Gasteiger partial charge in [0.05, 0.1) is 28.2 Å². The fourth-order valence-electron chi connectivity index (χ4n) is 4.15. The van der Waals surface area contributed by atoms with Crippen LogP contribution in [0.15, 0.2) is 18.3 Å². The second-order valence-electron chi connectivity index (χ2n) is 8.31. The molecule has 12 nitrogen and oxygen atoms in total. The molecule has 4 rings (SSSR count). The minimum atomic E-state index is -2.89. The number of nitrogens with one attached hydrogen (secondary N) is 1. The number of hydrogen-bond donors (Lipinski definition) is 2. The third-order valence-corrected chi connectivity index (χ3v) is 6.86. The van der Waals surface area contributed by atoms with Gasteiger partial charge in [0, 0.05) is 24.2 Å². The average molecular weight is 533 g/mol. The standard InChI is InChI=1S/C22H22F2N8O4S/c1-5-14(31-9(2)6-15(29-31)32(35)36)21(34)27-17-16-11(12-8-30(4)28-10(12)3)7-13(19(23)24)26-22(16)37-18(17)20(25)33/h6-8,14,19H,5H2,1-4H3,(H2,25,33)(H,27,34). The van der Waals surface area contributed by atoms with Gasteiger partial charge in [0.1, 0.15) is 15.4 Å². The normalized spacial score (nSPS) is 12.3. The van der Waals surface area contributed by atoms with E-state index in [1.54, 1.807) is 34.0 Å². The lowest BCUT2D eigenvalue weighted by atomic mass is 10.0. The molecule has 37 heavy (non-hydrogen) atoms. The third kappa shape index (κ3) is 4.64. The van der Waals surface area contributed by atoms with E-state index in [4.69, 9.17) is 5.73 Å². The van der Waals surface area contributed by atoms with E-state index in [2.05, 4.69) is 20.5 Å². The number of carbonyl (C=O) groups is 2. The van der Waals surface area contributed by atoms with Gasteiger partial charge in [-0.05, 0) is 36.8 Å². The first-order chi connectivity index (χ1) is 17.4. The van der Waals surface area contributed by atoms with E-state index in [0.29, 0.717) is 22.5 Å². The van der Waals surface area contributed by atoms with Crippen molar-refractivity contribution in [3.05, 3.63) is 50.4 Å². The SMILES string of the molecule is CCC(C(=O)Nc1c(C(N)=O)sc2nc(C(F)F)cc(-c3cn(C)nc3C)c12)n1nc([N+](=O)[O-])cc1C. The van der Waals surface area contributed by atoms with Crippen molar-refractivity contribution in [3.8, 4) is 11.1 Å². The number of fused-ring (bicyclic) bond motifs is 1. The Bertz CT molecular complexity index is 1560. The van der Waals surface area contributed by atoms with Crippen LogP contribution in [0.25, 0.3) is 21.3 Å². The summed E-state index contributed by atoms with van der Waals surface area (Å²) in [6.45, 7) is 4.96. The molecule has 0 aliphatic carbocycles. The van der Waals surface area contributed by atoms with E-state index in [1.807, 2.05) is 0 Å². The summed E-state index contributed by atoms with van der Waals surface area (Å²) in [4.78, 5) is 40.3. The predicted molar refractivity (Wildman–Crippen MR) is 132 cm³/mol. The number of primary amides is 1. The lowest BCUT2D eigenvalue weighted by molar-refractivity contribution is -0.389. The highest BCUT2D eigenvalue weighted by Gasteiger charge is 2.31. The molecule has 0 fully saturated rings. The molecule has 3 N–H and O–H groups in total. The summed E-state index contributed by atoms with van der Waals surface area (Å²) >= 11 is 0.781. The summed E-state index contributed by atoms with van der Waals surface area (Å²) < 4.78 is 30.2. The molecule has 0 aromatic carbocycles. The van der Waals surface area contributed by atoms with Crippen LogP contribution in [0.2, 0.25) is 0 Å². The van der Waals surface area contributed by atoms with Gasteiger partial charge in [-0.25, -0.2) is 13.8 Å². The highest BCUT2D eigenvalue weighted by molar-refractivity contribution is 7.21. The smallest absolute Gasteiger partial charge is 0.365 e. The predicted octanol–water partition coefficient (Wildman–Crippen LogP) is 4.04. The number of rotatable bonds is 8. The highest BCUT2D eigenvalue weighted by atomic mass is 32.1. The van der Waals surface area contributed by atoms with Gasteiger partial charge in [0.15, 0.2) is 6.04 Å². The number of amides is 2. The van der Waals surface area contributed by atoms with Crippen LogP contribution in [-0.2, 0) is 11.8 Å². The van der Waals surface area contributed by atoms with E-state index in [1.165, 1.54) is 21.5 Å². The van der Waals surface area contributed by atoms with E-state index >= 15 is 0 Å². The number of thiophene rings is 1. The molecule has 0 saturated heterocycles. The molecule has 0 saturated carbocycles. The van der Waals surface area contributed by atoms with Crippen LogP contribution in [0.5, 0.6) is 0 Å². The van der Waals surface area contributed by atoms with E-state index in [0.717, 1.165) is 11.3 Å². The number of halogens is 2. The molecule has 1 unspecified atom stereocenters. The molecule has 0 aliphatic rings. The summed E-state index contributed by atoms with van der Waals surface area (Å²) in [6.07, 6.45) is -1.05. The van der Waals surface area contributed by atoms with Gasteiger partial charge in [0.2, 0.25) is 0 Å². The zero-order chi connectivity index (χ0) is 27.2. The summed E-state index contributed by atoms with van der Waals surface area (Å²) in [6, 6.07) is 1.47. The van der Waals surface area contributed by atoms with Crippen molar-refractivity contribution in [2.75, 3.05) is 5.32 Å². The lowest BCUT2D eigenvalue weighted by Gasteiger charge is -2.15. The number of aryl methyl sites for hydroxylation is 3. The first-order valence-electron chi connectivity index (χ1n) is 11.0. The molecule has 4 heterocycles. The Morgan fingerprint density at radius 1 is 1.24 bits per heavy atom. The van der Waals surface area contributed by atoms with Gasteiger partial charge >= 0.3 is 5.82 Å². The summed E-state index contributed by atoms with van der Waals surface area (Å²) in [5, 5.41) is 22.3. The number of nitrogens with two attached hydrogens (primary N) is 1. The number of nitrogens with zero attached hydrogens (tertiary/aromatic N) is 6. The molecular formula is C22H22F2N8O4S. The second kappa shape index (κ2) is 9.65. The molecule has 0 radical (unpaired) electrons. The maximum absolute atomic E-state index is 13.7. The van der Waals surface area contributed by atoms with Crippen LogP contribution in [0.4, 0.5) is 20.3 Å². The molecule has 0 aliphatic heterocycles. The van der Waals surface area contributed by atoms with Crippen molar-refractivity contribution in [1.29, 1.82) is 0 Å². The molecule has 2 amide bonds. The van der Waals surface area contributed by atoms with Gasteiger partial charge in [-0.15, -0.1) is 11.3 Å². The van der Waals surface area contributed by atoms with E-state index < -0.39 is 40.7 Å². The lowest BCUT2D eigenvalue weighted by Crippen LogP contribution is -2.28. The molecule has 15 heteroatoms. The Hall–Kier alpha value is -4.27. The maximum Gasteiger partial charge on any atom is 0.390 e. The van der Waals surface area contributed by atoms with Crippen LogP contribution >= 0.6 is 11.3 Å². The van der Waals surface area contributed by atoms with Gasteiger partial charge < -0.3 is 21.2 Å². The number of anilines is 1. The average Bonchev–Trinajstić information content (AvgIpc) is 3.49. The van der Waals surface area contributed by atoms with Gasteiger partial charge in [0.25, 0.3) is 18.2 Å². The van der Waals surface area contributed by atoms with Gasteiger partial charge in [-0.2, -0.15) is 9.78 Å². The minimum Gasteiger partial charge on any atom is -0.365 e. The van der Waals surface area contributed by atoms with Crippen LogP contribution in [0.1, 0.15) is 52.6 Å². The summed E-state index contributed by atoms with van der Waals surface area (Å²) in [5.41, 5.74) is 6.82. The Labute approximate surface area is 212 Å². The minimum absolute atomic E-state index is 0.0156. The van der Waals surface area contributed by atoms with Gasteiger partial charge in [-0.1, -0.05) is 6.92 Å². The zero-order valence-electron chi connectivity index (χ0n) is 20.2. The number of aromatic nitrogens is 5. The number of alkyl halides is 2. The van der Waals surface area contributed by atoms with Crippen LogP contribution in [0, 0.1) is 24.0 Å². The Balaban J connectivity index is 1.91. The Morgan fingerprint density at radius 3 is 2.46 bits per heavy atom. The quantitative estimate of drug-likeness (QED) is 0.255. The summed E-state index contributed by atoms with van der Waals surface area (Å²) in [7, 11) is 1.67. The summed E-state index contributed by atoms with van der Waals surface area (Å²) in [5.74, 6) is -1.93. The van der Waals surface area contributed by atoms with Crippen LogP contribution in [0.3, 0.4) is 0 Å². The fourth-order valence-corrected chi connectivity index (χ4v) is 5.16. The number of pyridine rings is 1. The molecular weight excluding hydrogens is 510 g/mol. The molecule has 0 spiro atoms. The highest BCUT2D eigenvalue weighted by Crippen LogP contribution is 2.43. The second-order valence-corrected chi connectivity index (χ2v) is 9.31. The van der Waals surface area contributed by atoms with Crippen LogP contribution < -0.4 is 11.1 Å². The fraction of sp³-hybridized carbons (Fsp3) is 0.318. The number of nitro groups is 1. The largest absolute Gasteiger partial charge is 0.390 e. The number of carbonyl (C=O) groups excluding carboxylic acids is 2. The van der Waals surface area contributed by atoms with Crippen molar-refractivity contribution in [1.82, 2.24) is 24.5 Å². The van der Waals surface area contributed by atoms with Crippen molar-refractivity contribution < 1.29 is 23.3 Å². The monoisotopic (exact) mass is 532 g/mol. The first kappa shape index (κ1) is 25.8. The van der Waals surface area contributed by atoms with Crippen molar-refractivity contribution in [2.45, 2.75) is 39.7 Å². The van der Waals surface area contributed by atoms with Gasteiger partial charge in [-0.3, -0.25) is 14.3 Å². The van der Waals surface area contributed by atoms with E-state index in [-0.39, 0.29) is 27.2 Å². The maximum atomic E-state index is 13.7. The molecule has 194 valence electrons. The zero-order valence-corrected chi connectivity index (χ0v) is 21.0. The van der Waals surface area contributed by atoms with Crippen molar-refractivity contribution >= 4 is 44.9 Å². The Kier molecular flexibility index (Phi) is 6.73. The number of hydrogen-bond acceptors (Lipinski definition) is 8. The molecule has 4 aromatic heterocycles. The van der Waals surface area contributed by atoms with Crippen LogP contribution in [-0.4, -0.2) is 41.3 Å². The Morgan fingerprint density at radius 2 is 1.95 bits per heavy atom. The van der Waals surface area contributed by atoms with Crippen molar-refractivity contribution in [3.63, 3.8) is 0 Å². The molecule has 0 bridgehead atoms.